The summed E-state index contributed by atoms with van der Waals surface area (Å²) in [6.07, 6.45) is 1.46. The van der Waals surface area contributed by atoms with Crippen LogP contribution in [0.4, 0.5) is 0 Å². The number of carbonyl (C=O) groups excluding carboxylic acids is 1. The van der Waals surface area contributed by atoms with Crippen molar-refractivity contribution in [2.45, 2.75) is 0 Å². The molecule has 0 unspecified atom stereocenters. The number of phenolic OH excluding ortho intramolecular Hbond substituents is 2. The summed E-state index contributed by atoms with van der Waals surface area (Å²) in [5, 5.41) is 22.6. The van der Waals surface area contributed by atoms with Crippen molar-refractivity contribution in [3.05, 3.63) is 59.2 Å². The van der Waals surface area contributed by atoms with Crippen LogP contribution in [0.25, 0.3) is 11.3 Å². The SMILES string of the molecule is O=C(Oc1c(Cl)cccc1-c1ccno1)c1ccc(O)c(O)c1. The number of ether oxygens (including phenoxy) is 1. The van der Waals surface area contributed by atoms with E-state index in [2.05, 4.69) is 5.16 Å². The maximum Gasteiger partial charge on any atom is 0.343 e. The molecule has 1 heterocycles. The van der Waals surface area contributed by atoms with E-state index in [0.29, 0.717) is 11.3 Å². The number of para-hydroxylation sites is 1. The molecule has 0 radical (unpaired) electrons. The minimum atomic E-state index is -0.742. The van der Waals surface area contributed by atoms with E-state index in [4.69, 9.17) is 20.9 Å². The van der Waals surface area contributed by atoms with E-state index in [0.717, 1.165) is 6.07 Å². The van der Waals surface area contributed by atoms with Crippen LogP contribution in [0.2, 0.25) is 5.02 Å². The minimum Gasteiger partial charge on any atom is -0.504 e. The van der Waals surface area contributed by atoms with Crippen LogP contribution in [0.1, 0.15) is 10.4 Å². The fourth-order valence-corrected chi connectivity index (χ4v) is 2.18. The maximum atomic E-state index is 12.2. The monoisotopic (exact) mass is 331 g/mol. The number of aromatic nitrogens is 1. The molecule has 7 heteroatoms. The number of hydrogen-bond acceptors (Lipinski definition) is 6. The Morgan fingerprint density at radius 3 is 2.65 bits per heavy atom. The van der Waals surface area contributed by atoms with Gasteiger partial charge in [0.1, 0.15) is 0 Å². The molecule has 23 heavy (non-hydrogen) atoms. The standard InChI is InChI=1S/C16H10ClNO5/c17-11-3-1-2-10(14-6-7-18-23-14)15(11)22-16(21)9-4-5-12(19)13(20)8-9/h1-8,19-20H. The van der Waals surface area contributed by atoms with Crippen LogP contribution in [0.3, 0.4) is 0 Å². The average Bonchev–Trinajstić information content (AvgIpc) is 3.06. The van der Waals surface area contributed by atoms with Gasteiger partial charge in [0.15, 0.2) is 23.0 Å². The largest absolute Gasteiger partial charge is 0.504 e. The molecule has 0 aliphatic rings. The molecule has 0 atom stereocenters. The first-order valence-electron chi connectivity index (χ1n) is 6.50. The molecule has 3 aromatic rings. The van der Waals surface area contributed by atoms with Gasteiger partial charge in [-0.2, -0.15) is 0 Å². The molecule has 2 N–H and O–H groups in total. The fourth-order valence-electron chi connectivity index (χ4n) is 1.96. The van der Waals surface area contributed by atoms with Gasteiger partial charge in [-0.1, -0.05) is 22.8 Å². The molecule has 0 spiro atoms. The zero-order valence-electron chi connectivity index (χ0n) is 11.6. The van der Waals surface area contributed by atoms with Crippen molar-refractivity contribution in [2.75, 3.05) is 0 Å². The van der Waals surface area contributed by atoms with E-state index in [1.165, 1.54) is 18.3 Å². The lowest BCUT2D eigenvalue weighted by atomic mass is 10.1. The predicted molar refractivity (Wildman–Crippen MR) is 81.7 cm³/mol. The first-order valence-corrected chi connectivity index (χ1v) is 6.88. The zero-order chi connectivity index (χ0) is 16.4. The Balaban J connectivity index is 1.96. The second kappa shape index (κ2) is 6.02. The third-order valence-electron chi connectivity index (χ3n) is 3.08. The van der Waals surface area contributed by atoms with Gasteiger partial charge in [0, 0.05) is 6.07 Å². The highest BCUT2D eigenvalue weighted by Crippen LogP contribution is 2.36. The van der Waals surface area contributed by atoms with Crippen LogP contribution in [0.15, 0.2) is 53.2 Å². The quantitative estimate of drug-likeness (QED) is 0.432. The minimum absolute atomic E-state index is 0.0590. The number of hydrogen-bond donors (Lipinski definition) is 2. The molecule has 0 aliphatic heterocycles. The van der Waals surface area contributed by atoms with Crippen LogP contribution in [-0.4, -0.2) is 21.3 Å². The van der Waals surface area contributed by atoms with Gasteiger partial charge in [-0.05, 0) is 30.3 Å². The molecule has 1 aromatic heterocycles. The summed E-state index contributed by atoms with van der Waals surface area (Å²) in [7, 11) is 0. The summed E-state index contributed by atoms with van der Waals surface area (Å²) in [6.45, 7) is 0. The van der Waals surface area contributed by atoms with Gasteiger partial charge in [-0.25, -0.2) is 4.79 Å². The summed E-state index contributed by atoms with van der Waals surface area (Å²) >= 11 is 6.11. The molecule has 0 amide bonds. The van der Waals surface area contributed by atoms with E-state index in [-0.39, 0.29) is 22.1 Å². The van der Waals surface area contributed by atoms with Gasteiger partial charge in [-0.3, -0.25) is 0 Å². The molecule has 0 bridgehead atoms. The van der Waals surface area contributed by atoms with Crippen LogP contribution in [0.5, 0.6) is 17.2 Å². The second-order valence-electron chi connectivity index (χ2n) is 4.59. The Hall–Kier alpha value is -2.99. The lowest BCUT2D eigenvalue weighted by molar-refractivity contribution is 0.0735. The molecule has 0 saturated heterocycles. The molecule has 0 fully saturated rings. The van der Waals surface area contributed by atoms with Crippen molar-refractivity contribution >= 4 is 17.6 Å². The Kier molecular flexibility index (Phi) is 3.91. The average molecular weight is 332 g/mol. The Morgan fingerprint density at radius 1 is 1.13 bits per heavy atom. The first kappa shape index (κ1) is 14.9. The van der Waals surface area contributed by atoms with Crippen LogP contribution in [-0.2, 0) is 0 Å². The fraction of sp³-hybridized carbons (Fsp3) is 0. The van der Waals surface area contributed by atoms with Crippen LogP contribution >= 0.6 is 11.6 Å². The molecule has 0 aliphatic carbocycles. The number of esters is 1. The van der Waals surface area contributed by atoms with E-state index >= 15 is 0 Å². The second-order valence-corrected chi connectivity index (χ2v) is 4.99. The lowest BCUT2D eigenvalue weighted by Gasteiger charge is -2.10. The lowest BCUT2D eigenvalue weighted by Crippen LogP contribution is -2.09. The smallest absolute Gasteiger partial charge is 0.343 e. The Labute approximate surface area is 135 Å². The third kappa shape index (κ3) is 2.97. The van der Waals surface area contributed by atoms with Crippen molar-refractivity contribution < 1.29 is 24.3 Å². The maximum absolute atomic E-state index is 12.2. The van der Waals surface area contributed by atoms with Crippen molar-refractivity contribution in [3.63, 3.8) is 0 Å². The molecule has 3 rings (SSSR count). The number of aromatic hydroxyl groups is 2. The van der Waals surface area contributed by atoms with Gasteiger partial charge in [0.2, 0.25) is 0 Å². The molecular formula is C16H10ClNO5. The summed E-state index contributed by atoms with van der Waals surface area (Å²) in [6, 6.07) is 10.1. The van der Waals surface area contributed by atoms with Gasteiger partial charge in [-0.15, -0.1) is 0 Å². The highest BCUT2D eigenvalue weighted by Gasteiger charge is 2.18. The number of phenols is 2. The summed E-state index contributed by atoms with van der Waals surface area (Å²) in [5.74, 6) is -0.989. The van der Waals surface area contributed by atoms with Crippen molar-refractivity contribution in [3.8, 4) is 28.6 Å². The summed E-state index contributed by atoms with van der Waals surface area (Å²) in [5.41, 5.74) is 0.523. The third-order valence-corrected chi connectivity index (χ3v) is 3.37. The summed E-state index contributed by atoms with van der Waals surface area (Å²) in [4.78, 5) is 12.2. The number of rotatable bonds is 3. The summed E-state index contributed by atoms with van der Waals surface area (Å²) < 4.78 is 10.4. The predicted octanol–water partition coefficient (Wildman–Crippen LogP) is 3.63. The van der Waals surface area contributed by atoms with Gasteiger partial charge >= 0.3 is 5.97 Å². The van der Waals surface area contributed by atoms with E-state index in [1.807, 2.05) is 0 Å². The van der Waals surface area contributed by atoms with Gasteiger partial charge in [0.25, 0.3) is 0 Å². The number of nitrogens with zero attached hydrogens (tertiary/aromatic N) is 1. The molecular weight excluding hydrogens is 322 g/mol. The van der Waals surface area contributed by atoms with E-state index in [1.54, 1.807) is 24.3 Å². The van der Waals surface area contributed by atoms with Crippen LogP contribution in [0, 0.1) is 0 Å². The highest BCUT2D eigenvalue weighted by molar-refractivity contribution is 6.32. The molecule has 0 saturated carbocycles. The number of halogens is 1. The van der Waals surface area contributed by atoms with Crippen LogP contribution < -0.4 is 4.74 Å². The molecule has 116 valence electrons. The number of benzene rings is 2. The molecule has 2 aromatic carbocycles. The normalized spacial score (nSPS) is 10.5. The van der Waals surface area contributed by atoms with E-state index in [9.17, 15) is 15.0 Å². The zero-order valence-corrected chi connectivity index (χ0v) is 12.3. The van der Waals surface area contributed by atoms with E-state index < -0.39 is 11.7 Å². The van der Waals surface area contributed by atoms with Gasteiger partial charge < -0.3 is 19.5 Å². The topological polar surface area (TPSA) is 92.8 Å². The Bertz CT molecular complexity index is 861. The van der Waals surface area contributed by atoms with Gasteiger partial charge in [0.05, 0.1) is 22.3 Å². The van der Waals surface area contributed by atoms with Crippen molar-refractivity contribution in [1.82, 2.24) is 5.16 Å². The van der Waals surface area contributed by atoms with Crippen molar-refractivity contribution in [1.29, 1.82) is 0 Å². The highest BCUT2D eigenvalue weighted by atomic mass is 35.5. The number of carbonyl (C=O) groups is 1. The molecule has 6 nitrogen and oxygen atoms in total. The van der Waals surface area contributed by atoms with Crippen molar-refractivity contribution in [2.24, 2.45) is 0 Å². The Morgan fingerprint density at radius 2 is 1.96 bits per heavy atom. The first-order chi connectivity index (χ1) is 11.1.